The Kier molecular flexibility index (Phi) is 6.96. The van der Waals surface area contributed by atoms with Gasteiger partial charge >= 0.3 is 0 Å². The Morgan fingerprint density at radius 2 is 1.88 bits per heavy atom. The fourth-order valence-electron chi connectivity index (χ4n) is 3.46. The number of amides is 2. The molecule has 5 N–H and O–H groups in total. The van der Waals surface area contributed by atoms with Crippen LogP contribution in [-0.4, -0.2) is 29.1 Å². The SMILES string of the molecule is Cc1ccc(C(=O)NNC(=O)C(O)[C@H](N)CC2CCCCC2)c(C)c1. The summed E-state index contributed by atoms with van der Waals surface area (Å²) in [6.45, 7) is 3.78. The fraction of sp³-hybridized carbons (Fsp3) is 0.579. The van der Waals surface area contributed by atoms with Crippen LogP contribution in [0.3, 0.4) is 0 Å². The highest BCUT2D eigenvalue weighted by Crippen LogP contribution is 2.27. The van der Waals surface area contributed by atoms with Crippen molar-refractivity contribution in [1.29, 1.82) is 0 Å². The summed E-state index contributed by atoms with van der Waals surface area (Å²) in [5.41, 5.74) is 13.0. The largest absolute Gasteiger partial charge is 0.382 e. The third-order valence-corrected chi connectivity index (χ3v) is 4.93. The predicted molar refractivity (Wildman–Crippen MR) is 96.7 cm³/mol. The molecule has 2 rings (SSSR count). The maximum absolute atomic E-state index is 12.2. The number of aliphatic hydroxyl groups excluding tert-OH is 1. The van der Waals surface area contributed by atoms with Crippen molar-refractivity contribution >= 4 is 11.8 Å². The van der Waals surface area contributed by atoms with Gasteiger partial charge in [-0.3, -0.25) is 20.4 Å². The zero-order valence-corrected chi connectivity index (χ0v) is 15.0. The summed E-state index contributed by atoms with van der Waals surface area (Å²) in [4.78, 5) is 24.2. The first kappa shape index (κ1) is 19.4. The summed E-state index contributed by atoms with van der Waals surface area (Å²) in [6.07, 6.45) is 5.12. The quantitative estimate of drug-likeness (QED) is 0.609. The Morgan fingerprint density at radius 3 is 2.52 bits per heavy atom. The van der Waals surface area contributed by atoms with Gasteiger partial charge in [-0.1, -0.05) is 49.8 Å². The molecule has 2 amide bonds. The molecule has 1 saturated carbocycles. The van der Waals surface area contributed by atoms with Crippen molar-refractivity contribution in [3.8, 4) is 0 Å². The van der Waals surface area contributed by atoms with Gasteiger partial charge in [-0.2, -0.15) is 0 Å². The molecule has 1 unspecified atom stereocenters. The molecule has 1 aromatic carbocycles. The highest BCUT2D eigenvalue weighted by Gasteiger charge is 2.27. The normalized spacial score (nSPS) is 17.6. The van der Waals surface area contributed by atoms with Gasteiger partial charge in [0.25, 0.3) is 11.8 Å². The number of carbonyl (C=O) groups excluding carboxylic acids is 2. The highest BCUT2D eigenvalue weighted by atomic mass is 16.3. The summed E-state index contributed by atoms with van der Waals surface area (Å²) in [5.74, 6) is -0.628. The maximum Gasteiger partial charge on any atom is 0.269 e. The Morgan fingerprint density at radius 1 is 1.20 bits per heavy atom. The van der Waals surface area contributed by atoms with Gasteiger partial charge in [0.05, 0.1) is 0 Å². The summed E-state index contributed by atoms with van der Waals surface area (Å²) in [5, 5.41) is 10.1. The number of hydrazine groups is 1. The zero-order valence-electron chi connectivity index (χ0n) is 15.0. The van der Waals surface area contributed by atoms with E-state index in [-0.39, 0.29) is 0 Å². The van der Waals surface area contributed by atoms with Crippen LogP contribution in [0.25, 0.3) is 0 Å². The van der Waals surface area contributed by atoms with E-state index in [9.17, 15) is 14.7 Å². The van der Waals surface area contributed by atoms with Gasteiger partial charge in [-0.25, -0.2) is 0 Å². The van der Waals surface area contributed by atoms with E-state index >= 15 is 0 Å². The molecular formula is C19H29N3O3. The van der Waals surface area contributed by atoms with Gasteiger partial charge in [0, 0.05) is 11.6 Å². The minimum absolute atomic E-state index is 0.418. The summed E-state index contributed by atoms with van der Waals surface area (Å²) in [6, 6.07) is 4.81. The Bertz CT molecular complexity index is 612. The number of nitrogens with one attached hydrogen (secondary N) is 2. The number of hydrogen-bond acceptors (Lipinski definition) is 4. The molecule has 0 radical (unpaired) electrons. The van der Waals surface area contributed by atoms with Crippen LogP contribution in [0.1, 0.15) is 60.0 Å². The van der Waals surface area contributed by atoms with Crippen molar-refractivity contribution in [2.75, 3.05) is 0 Å². The van der Waals surface area contributed by atoms with Gasteiger partial charge in [0.15, 0.2) is 0 Å². The van der Waals surface area contributed by atoms with Crippen molar-refractivity contribution in [3.05, 3.63) is 34.9 Å². The van der Waals surface area contributed by atoms with Crippen LogP contribution in [0.4, 0.5) is 0 Å². The molecule has 0 bridgehead atoms. The van der Waals surface area contributed by atoms with Crippen molar-refractivity contribution in [2.45, 2.75) is 64.5 Å². The van der Waals surface area contributed by atoms with E-state index in [1.54, 1.807) is 6.07 Å². The first-order valence-corrected chi connectivity index (χ1v) is 8.99. The van der Waals surface area contributed by atoms with E-state index in [1.165, 1.54) is 19.3 Å². The molecule has 25 heavy (non-hydrogen) atoms. The summed E-state index contributed by atoms with van der Waals surface area (Å²) < 4.78 is 0. The topological polar surface area (TPSA) is 104 Å². The smallest absolute Gasteiger partial charge is 0.269 e. The fourth-order valence-corrected chi connectivity index (χ4v) is 3.46. The predicted octanol–water partition coefficient (Wildman–Crippen LogP) is 1.72. The monoisotopic (exact) mass is 347 g/mol. The lowest BCUT2D eigenvalue weighted by atomic mass is 9.84. The Balaban J connectivity index is 1.82. The highest BCUT2D eigenvalue weighted by molar-refractivity contribution is 5.97. The molecule has 1 aromatic rings. The van der Waals surface area contributed by atoms with E-state index in [0.29, 0.717) is 17.9 Å². The minimum Gasteiger partial charge on any atom is -0.382 e. The average molecular weight is 347 g/mol. The first-order chi connectivity index (χ1) is 11.9. The summed E-state index contributed by atoms with van der Waals surface area (Å²) >= 11 is 0. The van der Waals surface area contributed by atoms with Crippen LogP contribution >= 0.6 is 0 Å². The molecule has 2 atom stereocenters. The van der Waals surface area contributed by atoms with Crippen LogP contribution in [0.5, 0.6) is 0 Å². The second kappa shape index (κ2) is 8.97. The van der Waals surface area contributed by atoms with Crippen LogP contribution in [0.2, 0.25) is 0 Å². The van der Waals surface area contributed by atoms with Gasteiger partial charge in [-0.15, -0.1) is 0 Å². The molecule has 6 nitrogen and oxygen atoms in total. The molecular weight excluding hydrogens is 318 g/mol. The number of aliphatic hydroxyl groups is 1. The Hall–Kier alpha value is -1.92. The van der Waals surface area contributed by atoms with Crippen LogP contribution in [0, 0.1) is 19.8 Å². The average Bonchev–Trinajstić information content (AvgIpc) is 2.59. The molecule has 0 saturated heterocycles. The van der Waals surface area contributed by atoms with Crippen LogP contribution in [-0.2, 0) is 4.79 Å². The maximum atomic E-state index is 12.2. The van der Waals surface area contributed by atoms with E-state index in [2.05, 4.69) is 10.9 Å². The Labute approximate surface area is 149 Å². The van der Waals surface area contributed by atoms with Crippen molar-refractivity contribution in [3.63, 3.8) is 0 Å². The molecule has 1 fully saturated rings. The second-order valence-electron chi connectivity index (χ2n) is 7.11. The number of rotatable bonds is 5. The van der Waals surface area contributed by atoms with Crippen molar-refractivity contribution in [1.82, 2.24) is 10.9 Å². The third-order valence-electron chi connectivity index (χ3n) is 4.93. The van der Waals surface area contributed by atoms with E-state index in [4.69, 9.17) is 5.73 Å². The van der Waals surface area contributed by atoms with Gasteiger partial charge in [-0.05, 0) is 37.8 Å². The lowest BCUT2D eigenvalue weighted by Crippen LogP contribution is -2.52. The number of benzene rings is 1. The van der Waals surface area contributed by atoms with Gasteiger partial charge in [0.1, 0.15) is 6.10 Å². The van der Waals surface area contributed by atoms with Crippen LogP contribution in [0.15, 0.2) is 18.2 Å². The second-order valence-corrected chi connectivity index (χ2v) is 7.11. The molecule has 1 aliphatic carbocycles. The molecule has 138 valence electrons. The third kappa shape index (κ3) is 5.54. The number of aryl methyl sites for hydroxylation is 2. The van der Waals surface area contributed by atoms with E-state index in [1.807, 2.05) is 26.0 Å². The zero-order chi connectivity index (χ0) is 18.4. The number of carbonyl (C=O) groups is 2. The molecule has 1 aliphatic rings. The van der Waals surface area contributed by atoms with Gasteiger partial charge in [0.2, 0.25) is 0 Å². The van der Waals surface area contributed by atoms with Gasteiger partial charge < -0.3 is 10.8 Å². The number of nitrogens with two attached hydrogens (primary N) is 1. The van der Waals surface area contributed by atoms with E-state index in [0.717, 1.165) is 24.0 Å². The molecule has 0 aliphatic heterocycles. The van der Waals surface area contributed by atoms with Crippen molar-refractivity contribution < 1.29 is 14.7 Å². The minimum atomic E-state index is -1.33. The lowest BCUT2D eigenvalue weighted by molar-refractivity contribution is -0.131. The summed E-state index contributed by atoms with van der Waals surface area (Å²) in [7, 11) is 0. The van der Waals surface area contributed by atoms with E-state index < -0.39 is 24.0 Å². The molecule has 0 heterocycles. The molecule has 6 heteroatoms. The molecule has 0 spiro atoms. The first-order valence-electron chi connectivity index (χ1n) is 8.99. The van der Waals surface area contributed by atoms with Crippen molar-refractivity contribution in [2.24, 2.45) is 11.7 Å². The standard InChI is InChI=1S/C19H29N3O3/c1-12-8-9-15(13(2)10-12)18(24)21-22-19(25)17(23)16(20)11-14-6-4-3-5-7-14/h8-10,14,16-17,23H,3-7,11,20H2,1-2H3,(H,21,24)(H,22,25)/t16-,17?/m1/s1. The van der Waals surface area contributed by atoms with Crippen LogP contribution < -0.4 is 16.6 Å². The molecule has 0 aromatic heterocycles. The number of hydrogen-bond donors (Lipinski definition) is 4. The lowest BCUT2D eigenvalue weighted by Gasteiger charge is -2.26.